The Morgan fingerprint density at radius 2 is 1.32 bits per heavy atom. The molecule has 2 atom stereocenters. The standard InChI is InChI=1S/C20H41NO/c1-4-6-7-8-9-10-11-12-13-14-15-16-17-18-20(22)19(5-2)21-3/h17-22H,4-16H2,1-3H3/b18-17+/t19-,20+/m1/s1. The zero-order valence-electron chi connectivity index (χ0n) is 15.4. The maximum atomic E-state index is 9.94. The summed E-state index contributed by atoms with van der Waals surface area (Å²) in [5, 5.41) is 13.1. The van der Waals surface area contributed by atoms with E-state index in [4.69, 9.17) is 0 Å². The fourth-order valence-electron chi connectivity index (χ4n) is 2.91. The molecule has 0 radical (unpaired) electrons. The normalized spacial score (nSPS) is 14.5. The van der Waals surface area contributed by atoms with Gasteiger partial charge in [-0.05, 0) is 26.3 Å². The van der Waals surface area contributed by atoms with Crippen LogP contribution in [-0.4, -0.2) is 24.3 Å². The van der Waals surface area contributed by atoms with Crippen molar-refractivity contribution in [1.29, 1.82) is 0 Å². The predicted molar refractivity (Wildman–Crippen MR) is 99.4 cm³/mol. The first-order chi connectivity index (χ1) is 10.8. The van der Waals surface area contributed by atoms with E-state index in [1.165, 1.54) is 70.6 Å². The zero-order valence-corrected chi connectivity index (χ0v) is 15.4. The minimum atomic E-state index is -0.345. The molecule has 0 fully saturated rings. The van der Waals surface area contributed by atoms with Gasteiger partial charge in [-0.1, -0.05) is 90.2 Å². The van der Waals surface area contributed by atoms with Crippen LogP contribution in [-0.2, 0) is 0 Å². The van der Waals surface area contributed by atoms with Gasteiger partial charge in [-0.15, -0.1) is 0 Å². The van der Waals surface area contributed by atoms with Gasteiger partial charge in [-0.2, -0.15) is 0 Å². The molecule has 0 saturated heterocycles. The van der Waals surface area contributed by atoms with Crippen LogP contribution in [0.15, 0.2) is 12.2 Å². The molecule has 0 amide bonds. The number of likely N-dealkylation sites (N-methyl/N-ethyl adjacent to an activating group) is 1. The second-order valence-electron chi connectivity index (χ2n) is 6.55. The van der Waals surface area contributed by atoms with Crippen LogP contribution < -0.4 is 5.32 Å². The number of nitrogens with one attached hydrogen (secondary N) is 1. The van der Waals surface area contributed by atoms with Gasteiger partial charge in [-0.3, -0.25) is 0 Å². The van der Waals surface area contributed by atoms with Crippen LogP contribution in [0, 0.1) is 0 Å². The second kappa shape index (κ2) is 17.0. The highest BCUT2D eigenvalue weighted by atomic mass is 16.3. The number of hydrogen-bond acceptors (Lipinski definition) is 2. The van der Waals surface area contributed by atoms with Crippen LogP contribution in [0.1, 0.15) is 97.3 Å². The molecule has 0 aliphatic rings. The van der Waals surface area contributed by atoms with E-state index in [1.54, 1.807) is 0 Å². The minimum Gasteiger partial charge on any atom is -0.387 e. The number of allylic oxidation sites excluding steroid dienone is 1. The molecule has 0 spiro atoms. The van der Waals surface area contributed by atoms with Gasteiger partial charge in [-0.25, -0.2) is 0 Å². The molecule has 22 heavy (non-hydrogen) atoms. The molecule has 0 bridgehead atoms. The lowest BCUT2D eigenvalue weighted by Crippen LogP contribution is -2.35. The fraction of sp³-hybridized carbons (Fsp3) is 0.900. The van der Waals surface area contributed by atoms with Crippen LogP contribution in [0.4, 0.5) is 0 Å². The number of rotatable bonds is 16. The molecule has 0 aliphatic carbocycles. The second-order valence-corrected chi connectivity index (χ2v) is 6.55. The highest BCUT2D eigenvalue weighted by Gasteiger charge is 2.10. The summed E-state index contributed by atoms with van der Waals surface area (Å²) in [6.45, 7) is 4.38. The molecule has 0 aromatic carbocycles. The van der Waals surface area contributed by atoms with Gasteiger partial charge in [0.15, 0.2) is 0 Å². The molecule has 0 saturated carbocycles. The van der Waals surface area contributed by atoms with Crippen molar-refractivity contribution in [3.8, 4) is 0 Å². The molecule has 2 nitrogen and oxygen atoms in total. The maximum Gasteiger partial charge on any atom is 0.0873 e. The first-order valence-corrected chi connectivity index (χ1v) is 9.78. The monoisotopic (exact) mass is 311 g/mol. The Labute approximate surface area is 139 Å². The number of aliphatic hydroxyl groups excluding tert-OH is 1. The fourth-order valence-corrected chi connectivity index (χ4v) is 2.91. The van der Waals surface area contributed by atoms with Gasteiger partial charge in [0.25, 0.3) is 0 Å². The number of unbranched alkanes of at least 4 members (excludes halogenated alkanes) is 11. The predicted octanol–water partition coefficient (Wildman–Crippen LogP) is 5.60. The summed E-state index contributed by atoms with van der Waals surface area (Å²) >= 11 is 0. The van der Waals surface area contributed by atoms with E-state index in [0.717, 1.165) is 12.8 Å². The molecule has 0 heterocycles. The van der Waals surface area contributed by atoms with Crippen LogP contribution in [0.5, 0.6) is 0 Å². The largest absolute Gasteiger partial charge is 0.387 e. The smallest absolute Gasteiger partial charge is 0.0873 e. The van der Waals surface area contributed by atoms with E-state index < -0.39 is 0 Å². The molecule has 132 valence electrons. The van der Waals surface area contributed by atoms with E-state index >= 15 is 0 Å². The molecule has 0 rings (SSSR count). The van der Waals surface area contributed by atoms with E-state index in [2.05, 4.69) is 25.2 Å². The third-order valence-electron chi connectivity index (χ3n) is 4.53. The van der Waals surface area contributed by atoms with Crippen LogP contribution >= 0.6 is 0 Å². The Morgan fingerprint density at radius 1 is 0.818 bits per heavy atom. The Hall–Kier alpha value is -0.340. The molecular weight excluding hydrogens is 270 g/mol. The Bertz CT molecular complexity index is 236. The number of hydrogen-bond donors (Lipinski definition) is 2. The van der Waals surface area contributed by atoms with Crippen molar-refractivity contribution in [3.05, 3.63) is 12.2 Å². The lowest BCUT2D eigenvalue weighted by molar-refractivity contribution is 0.173. The van der Waals surface area contributed by atoms with Crippen molar-refractivity contribution in [2.75, 3.05) is 7.05 Å². The average Bonchev–Trinajstić information content (AvgIpc) is 2.53. The van der Waals surface area contributed by atoms with E-state index in [9.17, 15) is 5.11 Å². The third kappa shape index (κ3) is 13.3. The van der Waals surface area contributed by atoms with Crippen molar-refractivity contribution in [1.82, 2.24) is 5.32 Å². The van der Waals surface area contributed by atoms with E-state index in [1.807, 2.05) is 13.1 Å². The Morgan fingerprint density at radius 3 is 1.77 bits per heavy atom. The summed E-state index contributed by atoms with van der Waals surface area (Å²) in [4.78, 5) is 0. The Balaban J connectivity index is 3.29. The van der Waals surface area contributed by atoms with Crippen LogP contribution in [0.3, 0.4) is 0 Å². The molecule has 0 aliphatic heterocycles. The molecule has 2 heteroatoms. The minimum absolute atomic E-state index is 0.188. The van der Waals surface area contributed by atoms with Crippen molar-refractivity contribution >= 4 is 0 Å². The maximum absolute atomic E-state index is 9.94. The SMILES string of the molecule is CCCCCCCCCCCCC/C=C/[C@H](O)[C@@H](CC)NC. The first kappa shape index (κ1) is 21.7. The van der Waals surface area contributed by atoms with Gasteiger partial charge in [0.2, 0.25) is 0 Å². The van der Waals surface area contributed by atoms with Gasteiger partial charge in [0, 0.05) is 6.04 Å². The quantitative estimate of drug-likeness (QED) is 0.287. The van der Waals surface area contributed by atoms with Gasteiger partial charge in [0.05, 0.1) is 6.10 Å². The Kier molecular flexibility index (Phi) is 16.8. The van der Waals surface area contributed by atoms with Gasteiger partial charge in [0.1, 0.15) is 0 Å². The lowest BCUT2D eigenvalue weighted by Gasteiger charge is -2.17. The highest BCUT2D eigenvalue weighted by Crippen LogP contribution is 2.12. The van der Waals surface area contributed by atoms with Crippen molar-refractivity contribution in [2.24, 2.45) is 0 Å². The lowest BCUT2D eigenvalue weighted by atomic mass is 10.0. The van der Waals surface area contributed by atoms with E-state index in [-0.39, 0.29) is 12.1 Å². The summed E-state index contributed by atoms with van der Waals surface area (Å²) < 4.78 is 0. The zero-order chi connectivity index (χ0) is 16.5. The van der Waals surface area contributed by atoms with Crippen molar-refractivity contribution in [2.45, 2.75) is 109 Å². The van der Waals surface area contributed by atoms with Crippen molar-refractivity contribution < 1.29 is 5.11 Å². The van der Waals surface area contributed by atoms with Crippen LogP contribution in [0.2, 0.25) is 0 Å². The summed E-state index contributed by atoms with van der Waals surface area (Å²) in [6, 6.07) is 0.188. The topological polar surface area (TPSA) is 32.3 Å². The van der Waals surface area contributed by atoms with E-state index in [0.29, 0.717) is 0 Å². The molecule has 2 N–H and O–H groups in total. The summed E-state index contributed by atoms with van der Waals surface area (Å²) in [6.07, 6.45) is 21.1. The molecule has 0 unspecified atom stereocenters. The molecule has 0 aromatic heterocycles. The number of aliphatic hydroxyl groups is 1. The van der Waals surface area contributed by atoms with Crippen LogP contribution in [0.25, 0.3) is 0 Å². The molecule has 0 aromatic rings. The van der Waals surface area contributed by atoms with Crippen molar-refractivity contribution in [3.63, 3.8) is 0 Å². The summed E-state index contributed by atoms with van der Waals surface area (Å²) in [5.74, 6) is 0. The van der Waals surface area contributed by atoms with Gasteiger partial charge >= 0.3 is 0 Å². The summed E-state index contributed by atoms with van der Waals surface area (Å²) in [7, 11) is 1.91. The third-order valence-corrected chi connectivity index (χ3v) is 4.53. The van der Waals surface area contributed by atoms with Gasteiger partial charge < -0.3 is 10.4 Å². The summed E-state index contributed by atoms with van der Waals surface area (Å²) in [5.41, 5.74) is 0. The first-order valence-electron chi connectivity index (χ1n) is 9.78. The molecular formula is C20H41NO. The average molecular weight is 312 g/mol. The highest BCUT2D eigenvalue weighted by molar-refractivity contribution is 4.94.